The van der Waals surface area contributed by atoms with Crippen LogP contribution in [0.25, 0.3) is 0 Å². The summed E-state index contributed by atoms with van der Waals surface area (Å²) in [4.78, 5) is 12.1. The molecule has 0 amide bonds. The Morgan fingerprint density at radius 2 is 1.70 bits per heavy atom. The Hall–Kier alpha value is -1.16. The van der Waals surface area contributed by atoms with Gasteiger partial charge in [-0.25, -0.2) is 9.97 Å². The Balaban J connectivity index is 1.73. The van der Waals surface area contributed by atoms with Gasteiger partial charge in [0.25, 0.3) is 0 Å². The predicted molar refractivity (Wildman–Crippen MR) is 92.0 cm³/mol. The molecule has 0 aromatic carbocycles. The van der Waals surface area contributed by atoms with Crippen molar-refractivity contribution in [3.8, 4) is 0 Å². The summed E-state index contributed by atoms with van der Waals surface area (Å²) < 4.78 is 6.56. The van der Waals surface area contributed by atoms with E-state index in [0.29, 0.717) is 0 Å². The van der Waals surface area contributed by atoms with Crippen LogP contribution in [0.1, 0.15) is 69.5 Å². The van der Waals surface area contributed by atoms with E-state index in [1.165, 1.54) is 55.6 Å². The van der Waals surface area contributed by atoms with Gasteiger partial charge in [0.15, 0.2) is 0 Å². The van der Waals surface area contributed by atoms with Crippen LogP contribution in [0, 0.1) is 6.92 Å². The highest BCUT2D eigenvalue weighted by Gasteiger charge is 2.46. The number of fused-ring (bicyclic) bond motifs is 1. The maximum Gasteiger partial charge on any atom is 0.135 e. The molecule has 1 aromatic heterocycles. The standard InChI is InChI=1S/C19H29N3O/c1-14-20-16-9-5-4-8-15(16)17(21-14)22-12-18(2,3)23-19(13-22)10-6-7-11-19/h4-13H2,1-3H3. The lowest BCUT2D eigenvalue weighted by Crippen LogP contribution is -2.59. The van der Waals surface area contributed by atoms with Crippen molar-refractivity contribution in [1.82, 2.24) is 9.97 Å². The molecule has 4 nitrogen and oxygen atoms in total. The largest absolute Gasteiger partial charge is 0.365 e. The van der Waals surface area contributed by atoms with Gasteiger partial charge in [-0.2, -0.15) is 0 Å². The molecule has 1 aromatic rings. The Morgan fingerprint density at radius 1 is 0.957 bits per heavy atom. The van der Waals surface area contributed by atoms with Gasteiger partial charge in [0.05, 0.1) is 11.2 Å². The summed E-state index contributed by atoms with van der Waals surface area (Å²) in [5, 5.41) is 0. The fourth-order valence-corrected chi connectivity index (χ4v) is 4.90. The second-order valence-electron chi connectivity index (χ2n) is 8.33. The lowest BCUT2D eigenvalue weighted by molar-refractivity contribution is -0.148. The normalized spacial score (nSPS) is 25.6. The average Bonchev–Trinajstić information content (AvgIpc) is 2.91. The van der Waals surface area contributed by atoms with E-state index in [0.717, 1.165) is 31.8 Å². The zero-order chi connectivity index (χ0) is 16.1. The number of hydrogen-bond donors (Lipinski definition) is 0. The van der Waals surface area contributed by atoms with E-state index in [4.69, 9.17) is 14.7 Å². The van der Waals surface area contributed by atoms with E-state index in [-0.39, 0.29) is 11.2 Å². The molecule has 0 bridgehead atoms. The van der Waals surface area contributed by atoms with E-state index < -0.39 is 0 Å². The van der Waals surface area contributed by atoms with Gasteiger partial charge < -0.3 is 9.64 Å². The zero-order valence-electron chi connectivity index (χ0n) is 14.8. The molecule has 4 heteroatoms. The molecule has 23 heavy (non-hydrogen) atoms. The molecule has 0 unspecified atom stereocenters. The molecule has 2 heterocycles. The molecule has 1 spiro atoms. The Morgan fingerprint density at radius 3 is 2.48 bits per heavy atom. The molecule has 1 saturated heterocycles. The van der Waals surface area contributed by atoms with Crippen LogP contribution in [0.2, 0.25) is 0 Å². The monoisotopic (exact) mass is 315 g/mol. The van der Waals surface area contributed by atoms with Crippen LogP contribution >= 0.6 is 0 Å². The predicted octanol–water partition coefficient (Wildman–Crippen LogP) is 3.59. The van der Waals surface area contributed by atoms with E-state index >= 15 is 0 Å². The van der Waals surface area contributed by atoms with Crippen molar-refractivity contribution in [3.63, 3.8) is 0 Å². The maximum absolute atomic E-state index is 6.56. The molecule has 126 valence electrons. The van der Waals surface area contributed by atoms with Crippen molar-refractivity contribution in [1.29, 1.82) is 0 Å². The minimum Gasteiger partial charge on any atom is -0.365 e. The second kappa shape index (κ2) is 5.44. The van der Waals surface area contributed by atoms with Gasteiger partial charge in [-0.05, 0) is 59.3 Å². The van der Waals surface area contributed by atoms with E-state index in [1.807, 2.05) is 6.92 Å². The summed E-state index contributed by atoms with van der Waals surface area (Å²) in [5.41, 5.74) is 2.64. The smallest absolute Gasteiger partial charge is 0.135 e. The van der Waals surface area contributed by atoms with Gasteiger partial charge in [-0.3, -0.25) is 0 Å². The van der Waals surface area contributed by atoms with Gasteiger partial charge in [0.2, 0.25) is 0 Å². The number of hydrogen-bond acceptors (Lipinski definition) is 4. The second-order valence-corrected chi connectivity index (χ2v) is 8.33. The van der Waals surface area contributed by atoms with Crippen LogP contribution in [-0.2, 0) is 17.6 Å². The number of morpholine rings is 1. The number of nitrogens with zero attached hydrogens (tertiary/aromatic N) is 3. The first-order valence-electron chi connectivity index (χ1n) is 9.28. The number of aromatic nitrogens is 2. The summed E-state index contributed by atoms with van der Waals surface area (Å²) in [6.45, 7) is 8.44. The van der Waals surface area contributed by atoms with Crippen LogP contribution < -0.4 is 4.90 Å². The minimum atomic E-state index is -0.108. The fraction of sp³-hybridized carbons (Fsp3) is 0.789. The molecule has 3 aliphatic rings. The number of aryl methyl sites for hydroxylation is 2. The molecule has 2 fully saturated rings. The molecule has 2 aliphatic carbocycles. The number of rotatable bonds is 1. The van der Waals surface area contributed by atoms with Crippen LogP contribution in [-0.4, -0.2) is 34.3 Å². The highest BCUT2D eigenvalue weighted by Crippen LogP contribution is 2.42. The first kappa shape index (κ1) is 15.4. The van der Waals surface area contributed by atoms with Crippen molar-refractivity contribution in [2.45, 2.75) is 83.3 Å². The fourth-order valence-electron chi connectivity index (χ4n) is 4.90. The van der Waals surface area contributed by atoms with Gasteiger partial charge in [-0.1, -0.05) is 12.8 Å². The highest BCUT2D eigenvalue weighted by atomic mass is 16.5. The molecular weight excluding hydrogens is 286 g/mol. The maximum atomic E-state index is 6.56. The van der Waals surface area contributed by atoms with E-state index in [1.54, 1.807) is 0 Å². The average molecular weight is 315 g/mol. The van der Waals surface area contributed by atoms with Crippen LogP contribution in [0.3, 0.4) is 0 Å². The van der Waals surface area contributed by atoms with Gasteiger partial charge >= 0.3 is 0 Å². The van der Waals surface area contributed by atoms with Crippen LogP contribution in [0.5, 0.6) is 0 Å². The van der Waals surface area contributed by atoms with Crippen LogP contribution in [0.15, 0.2) is 0 Å². The Labute approximate surface area is 139 Å². The van der Waals surface area contributed by atoms with Gasteiger partial charge in [0.1, 0.15) is 11.6 Å². The Kier molecular flexibility index (Phi) is 3.63. The van der Waals surface area contributed by atoms with Crippen molar-refractivity contribution in [3.05, 3.63) is 17.1 Å². The first-order chi connectivity index (χ1) is 11.0. The zero-order valence-corrected chi connectivity index (χ0v) is 14.8. The first-order valence-corrected chi connectivity index (χ1v) is 9.28. The van der Waals surface area contributed by atoms with Crippen molar-refractivity contribution in [2.75, 3.05) is 18.0 Å². The third-order valence-corrected chi connectivity index (χ3v) is 5.63. The lowest BCUT2D eigenvalue weighted by atomic mass is 9.92. The minimum absolute atomic E-state index is 0.0438. The summed E-state index contributed by atoms with van der Waals surface area (Å²) in [6.07, 6.45) is 9.76. The van der Waals surface area contributed by atoms with E-state index in [2.05, 4.69) is 18.7 Å². The molecule has 0 atom stereocenters. The summed E-state index contributed by atoms with van der Waals surface area (Å²) in [6, 6.07) is 0. The SMILES string of the molecule is Cc1nc2c(c(N3CC(C)(C)OC4(CCCC4)C3)n1)CCCC2. The molecule has 0 radical (unpaired) electrons. The topological polar surface area (TPSA) is 38.2 Å². The van der Waals surface area contributed by atoms with Crippen molar-refractivity contribution < 1.29 is 4.74 Å². The molecule has 4 rings (SSSR count). The molecule has 1 aliphatic heterocycles. The van der Waals surface area contributed by atoms with E-state index in [9.17, 15) is 0 Å². The molecular formula is C19H29N3O. The lowest BCUT2D eigenvalue weighted by Gasteiger charge is -2.49. The molecule has 0 N–H and O–H groups in total. The summed E-state index contributed by atoms with van der Waals surface area (Å²) in [5.74, 6) is 2.13. The summed E-state index contributed by atoms with van der Waals surface area (Å²) in [7, 11) is 0. The number of anilines is 1. The highest BCUT2D eigenvalue weighted by molar-refractivity contribution is 5.51. The summed E-state index contributed by atoms with van der Waals surface area (Å²) >= 11 is 0. The number of ether oxygens (including phenoxy) is 1. The quantitative estimate of drug-likeness (QED) is 0.794. The van der Waals surface area contributed by atoms with Gasteiger partial charge in [-0.15, -0.1) is 0 Å². The van der Waals surface area contributed by atoms with Gasteiger partial charge in [0, 0.05) is 24.3 Å². The Bertz CT molecular complexity index is 605. The van der Waals surface area contributed by atoms with Crippen molar-refractivity contribution in [2.24, 2.45) is 0 Å². The van der Waals surface area contributed by atoms with Crippen LogP contribution in [0.4, 0.5) is 5.82 Å². The third kappa shape index (κ3) is 2.86. The third-order valence-electron chi connectivity index (χ3n) is 5.63. The molecule has 1 saturated carbocycles. The van der Waals surface area contributed by atoms with Crippen molar-refractivity contribution >= 4 is 5.82 Å².